The summed E-state index contributed by atoms with van der Waals surface area (Å²) in [5.41, 5.74) is 0. The molecule has 0 rings (SSSR count). The fourth-order valence-corrected chi connectivity index (χ4v) is 0.594. The molecule has 0 saturated carbocycles. The average Bonchev–Trinajstić information content (AvgIpc) is 2.03. The van der Waals surface area contributed by atoms with E-state index in [1.54, 1.807) is 6.08 Å². The molecule has 0 unspecified atom stereocenters. The molecule has 0 atom stereocenters. The zero-order valence-corrected chi connectivity index (χ0v) is 7.37. The lowest BCUT2D eigenvalue weighted by Gasteiger charge is -1.88. The quantitative estimate of drug-likeness (QED) is 0.567. The molecule has 0 spiro atoms. The molecule has 0 saturated heterocycles. The summed E-state index contributed by atoms with van der Waals surface area (Å²) in [7, 11) is 0. The number of rotatable bonds is 4. The van der Waals surface area contributed by atoms with Crippen LogP contribution in [-0.4, -0.2) is 0 Å². The Balaban J connectivity index is 4.03. The lowest BCUT2D eigenvalue weighted by Crippen LogP contribution is -1.70. The second kappa shape index (κ2) is 6.17. The van der Waals surface area contributed by atoms with Crippen LogP contribution < -0.4 is 0 Å². The molecule has 11 heavy (non-hydrogen) atoms. The van der Waals surface area contributed by atoms with Crippen LogP contribution in [0, 0.1) is 0 Å². The summed E-state index contributed by atoms with van der Waals surface area (Å²) in [5.74, 6) is -0.421. The van der Waals surface area contributed by atoms with E-state index in [2.05, 4.69) is 6.58 Å². The number of hydrogen-bond donors (Lipinski definition) is 0. The van der Waals surface area contributed by atoms with Gasteiger partial charge in [0.1, 0.15) is 5.83 Å². The lowest BCUT2D eigenvalue weighted by atomic mass is 10.3. The van der Waals surface area contributed by atoms with Crippen LogP contribution in [-0.2, 0) is 0 Å². The molecule has 0 aliphatic rings. The number of hydrogen-bond acceptors (Lipinski definition) is 0. The first kappa shape index (κ1) is 10.4. The minimum absolute atomic E-state index is 0.0670. The predicted octanol–water partition coefficient (Wildman–Crippen LogP) is 3.95. The Morgan fingerprint density at radius 1 is 1.64 bits per heavy atom. The zero-order valence-electron chi connectivity index (χ0n) is 6.61. The fraction of sp³-hybridized carbons (Fsp3) is 0.333. The van der Waals surface area contributed by atoms with Crippen LogP contribution in [0.4, 0.5) is 4.39 Å². The van der Waals surface area contributed by atoms with Crippen LogP contribution in [0.25, 0.3) is 0 Å². The molecule has 2 heteroatoms. The van der Waals surface area contributed by atoms with Crippen molar-refractivity contribution >= 4 is 11.6 Å². The zero-order chi connectivity index (χ0) is 8.69. The topological polar surface area (TPSA) is 0 Å². The molecule has 0 aromatic heterocycles. The van der Waals surface area contributed by atoms with Crippen molar-refractivity contribution in [3.8, 4) is 0 Å². The summed E-state index contributed by atoms with van der Waals surface area (Å²) >= 11 is 5.43. The van der Waals surface area contributed by atoms with E-state index in [4.69, 9.17) is 11.6 Å². The van der Waals surface area contributed by atoms with Crippen LogP contribution in [0.5, 0.6) is 0 Å². The van der Waals surface area contributed by atoms with E-state index < -0.39 is 5.83 Å². The first-order valence-corrected chi connectivity index (χ1v) is 3.94. The molecule has 0 nitrogen and oxygen atoms in total. The Morgan fingerprint density at radius 2 is 2.27 bits per heavy atom. The van der Waals surface area contributed by atoms with Gasteiger partial charge in [-0.1, -0.05) is 37.6 Å². The van der Waals surface area contributed by atoms with Gasteiger partial charge < -0.3 is 0 Å². The van der Waals surface area contributed by atoms with Crippen molar-refractivity contribution in [2.75, 3.05) is 0 Å². The van der Waals surface area contributed by atoms with Gasteiger partial charge in [0.2, 0.25) is 0 Å². The van der Waals surface area contributed by atoms with Crippen LogP contribution in [0.3, 0.4) is 0 Å². The Hall–Kier alpha value is -0.560. The Bertz CT molecular complexity index is 180. The Labute approximate surface area is 72.1 Å². The summed E-state index contributed by atoms with van der Waals surface area (Å²) in [6.45, 7) is 5.38. The van der Waals surface area contributed by atoms with Crippen molar-refractivity contribution in [3.05, 3.63) is 35.7 Å². The molecule has 0 aromatic rings. The van der Waals surface area contributed by atoms with Crippen molar-refractivity contribution < 1.29 is 4.39 Å². The van der Waals surface area contributed by atoms with Crippen molar-refractivity contribution in [3.63, 3.8) is 0 Å². The lowest BCUT2D eigenvalue weighted by molar-refractivity contribution is 0.663. The highest BCUT2D eigenvalue weighted by Crippen LogP contribution is 2.13. The second-order valence-electron chi connectivity index (χ2n) is 2.09. The molecule has 0 aromatic carbocycles. The third-order valence-corrected chi connectivity index (χ3v) is 1.46. The number of unbranched alkanes of at least 4 members (excludes halogenated alkanes) is 1. The summed E-state index contributed by atoms with van der Waals surface area (Å²) < 4.78 is 12.7. The van der Waals surface area contributed by atoms with E-state index in [-0.39, 0.29) is 5.03 Å². The van der Waals surface area contributed by atoms with Gasteiger partial charge in [0.15, 0.2) is 0 Å². The normalized spacial score (nSPS) is 13.4. The highest BCUT2D eigenvalue weighted by Gasteiger charge is 1.92. The van der Waals surface area contributed by atoms with Gasteiger partial charge in [0, 0.05) is 0 Å². The van der Waals surface area contributed by atoms with E-state index in [1.165, 1.54) is 12.2 Å². The first-order chi connectivity index (χ1) is 5.22. The predicted molar refractivity (Wildman–Crippen MR) is 48.2 cm³/mol. The maximum Gasteiger partial charge on any atom is 0.141 e. The molecule has 0 N–H and O–H groups in total. The monoisotopic (exact) mass is 174 g/mol. The minimum Gasteiger partial charge on any atom is -0.205 e. The third kappa shape index (κ3) is 4.79. The molecular formula is C9H12ClF. The summed E-state index contributed by atoms with van der Waals surface area (Å²) in [5, 5.41) is 0.0670. The smallest absolute Gasteiger partial charge is 0.141 e. The highest BCUT2D eigenvalue weighted by atomic mass is 35.5. The maximum atomic E-state index is 12.7. The van der Waals surface area contributed by atoms with Gasteiger partial charge in [-0.2, -0.15) is 0 Å². The van der Waals surface area contributed by atoms with Crippen molar-refractivity contribution in [1.82, 2.24) is 0 Å². The van der Waals surface area contributed by atoms with E-state index in [0.717, 1.165) is 12.8 Å². The Kier molecular flexibility index (Phi) is 5.86. The molecule has 0 aliphatic carbocycles. The fourth-order valence-electron chi connectivity index (χ4n) is 0.531. The molecule has 0 fully saturated rings. The van der Waals surface area contributed by atoms with Gasteiger partial charge in [-0.3, -0.25) is 0 Å². The standard InChI is InChI=1S/C9H12ClF/c1-3-5-6-7-9(11)8(10)4-2/h4,6-7H,2-3,5H2,1H3/b7-6-,9-8-. The first-order valence-electron chi connectivity index (χ1n) is 3.56. The summed E-state index contributed by atoms with van der Waals surface area (Å²) in [4.78, 5) is 0. The average molecular weight is 175 g/mol. The van der Waals surface area contributed by atoms with Crippen LogP contribution in [0.1, 0.15) is 19.8 Å². The maximum absolute atomic E-state index is 12.7. The van der Waals surface area contributed by atoms with Gasteiger partial charge in [-0.15, -0.1) is 0 Å². The van der Waals surface area contributed by atoms with Gasteiger partial charge in [0.05, 0.1) is 5.03 Å². The minimum atomic E-state index is -0.421. The van der Waals surface area contributed by atoms with Gasteiger partial charge >= 0.3 is 0 Å². The number of allylic oxidation sites excluding steroid dienone is 5. The van der Waals surface area contributed by atoms with E-state index >= 15 is 0 Å². The van der Waals surface area contributed by atoms with E-state index in [1.807, 2.05) is 6.92 Å². The molecule has 0 radical (unpaired) electrons. The summed E-state index contributed by atoms with van der Waals surface area (Å²) in [6, 6.07) is 0. The van der Waals surface area contributed by atoms with Crippen LogP contribution >= 0.6 is 11.6 Å². The van der Waals surface area contributed by atoms with Gasteiger partial charge in [0.25, 0.3) is 0 Å². The SMILES string of the molecule is C=C/C(Cl)=C(F)\C=C/CCC. The molecular weight excluding hydrogens is 163 g/mol. The van der Waals surface area contributed by atoms with Gasteiger partial charge in [-0.25, -0.2) is 4.39 Å². The van der Waals surface area contributed by atoms with Crippen molar-refractivity contribution in [2.24, 2.45) is 0 Å². The Morgan fingerprint density at radius 3 is 2.73 bits per heavy atom. The second-order valence-corrected chi connectivity index (χ2v) is 2.50. The molecule has 62 valence electrons. The van der Waals surface area contributed by atoms with E-state index in [9.17, 15) is 4.39 Å². The van der Waals surface area contributed by atoms with E-state index in [0.29, 0.717) is 0 Å². The molecule has 0 aliphatic heterocycles. The molecule has 0 heterocycles. The largest absolute Gasteiger partial charge is 0.205 e. The third-order valence-electron chi connectivity index (χ3n) is 1.13. The van der Waals surface area contributed by atoms with Crippen molar-refractivity contribution in [1.29, 1.82) is 0 Å². The number of halogens is 2. The molecule has 0 bridgehead atoms. The molecule has 0 amide bonds. The van der Waals surface area contributed by atoms with Gasteiger partial charge in [-0.05, 0) is 18.6 Å². The van der Waals surface area contributed by atoms with Crippen molar-refractivity contribution in [2.45, 2.75) is 19.8 Å². The van der Waals surface area contributed by atoms with Crippen LogP contribution in [0.2, 0.25) is 0 Å². The van der Waals surface area contributed by atoms with Crippen LogP contribution in [0.15, 0.2) is 35.7 Å². The highest BCUT2D eigenvalue weighted by molar-refractivity contribution is 6.31. The summed E-state index contributed by atoms with van der Waals surface area (Å²) in [6.07, 6.45) is 6.28.